The van der Waals surface area contributed by atoms with E-state index >= 15 is 0 Å². The van der Waals surface area contributed by atoms with Crippen molar-refractivity contribution in [3.63, 3.8) is 0 Å². The Labute approximate surface area is 106 Å². The third-order valence-electron chi connectivity index (χ3n) is 1.77. The smallest absolute Gasteiger partial charge is 0.396 e. The van der Waals surface area contributed by atoms with Crippen molar-refractivity contribution in [3.8, 4) is 0 Å². The summed E-state index contributed by atoms with van der Waals surface area (Å²) < 4.78 is 32.9. The molecule has 0 amide bonds. The maximum Gasteiger partial charge on any atom is 0.747 e. The molecule has 0 saturated carbocycles. The normalized spacial score (nSPS) is 12.6. The van der Waals surface area contributed by atoms with Crippen molar-refractivity contribution < 1.29 is 42.9 Å². The lowest BCUT2D eigenvalue weighted by molar-refractivity contribution is -0.0328. The van der Waals surface area contributed by atoms with Crippen LogP contribution in [0.25, 0.3) is 0 Å². The van der Waals surface area contributed by atoms with E-state index in [2.05, 4.69) is 13.4 Å². The van der Waals surface area contributed by atoms with E-state index in [1.807, 2.05) is 0 Å². The van der Waals surface area contributed by atoms with Gasteiger partial charge < -0.3 is 20.4 Å². The van der Waals surface area contributed by atoms with Gasteiger partial charge in [0, 0.05) is 9.13 Å². The van der Waals surface area contributed by atoms with Crippen LogP contribution in [0.1, 0.15) is 0 Å². The first kappa shape index (κ1) is 20.2. The predicted molar refractivity (Wildman–Crippen MR) is 61.1 cm³/mol. The van der Waals surface area contributed by atoms with Crippen molar-refractivity contribution in [2.75, 3.05) is 40.6 Å². The van der Waals surface area contributed by atoms with Gasteiger partial charge in [-0.1, -0.05) is 0 Å². The van der Waals surface area contributed by atoms with Crippen molar-refractivity contribution in [2.24, 2.45) is 5.41 Å². The standard InChI is InChI=1S/C5H12O4.C2H6O5P2/c6-1-5(2-7,3-8)4-9;1-5-8(3)7-9(4)6-2/h6-9H,1-4H2;1-2H3/q;+2. The minimum absolute atomic E-state index is 0.406. The fourth-order valence-electron chi connectivity index (χ4n) is 0.421. The topological polar surface area (TPSA) is 143 Å². The van der Waals surface area contributed by atoms with Crippen LogP contribution in [0, 0.1) is 5.41 Å². The predicted octanol–water partition coefficient (Wildman–Crippen LogP) is -0.447. The van der Waals surface area contributed by atoms with Crippen LogP contribution in [0.3, 0.4) is 0 Å². The molecule has 0 aliphatic carbocycles. The van der Waals surface area contributed by atoms with Gasteiger partial charge in [-0.3, -0.25) is 0 Å². The molecule has 0 aromatic carbocycles. The highest BCUT2D eigenvalue weighted by Gasteiger charge is 2.37. The van der Waals surface area contributed by atoms with Gasteiger partial charge in [-0.2, -0.15) is 0 Å². The van der Waals surface area contributed by atoms with Crippen LogP contribution in [0.15, 0.2) is 0 Å². The minimum atomic E-state index is -2.28. The molecule has 0 rings (SSSR count). The molecule has 0 bridgehead atoms. The minimum Gasteiger partial charge on any atom is -0.396 e. The van der Waals surface area contributed by atoms with Crippen molar-refractivity contribution >= 4 is 16.5 Å². The average molecular weight is 308 g/mol. The molecule has 0 saturated heterocycles. The zero-order chi connectivity index (χ0) is 14.6. The maximum atomic E-state index is 10.2. The van der Waals surface area contributed by atoms with Gasteiger partial charge >= 0.3 is 16.5 Å². The van der Waals surface area contributed by atoms with Gasteiger partial charge in [0.15, 0.2) is 4.31 Å². The molecule has 2 unspecified atom stereocenters. The number of hydrogen-bond acceptors (Lipinski definition) is 9. The van der Waals surface area contributed by atoms with Crippen LogP contribution in [0.4, 0.5) is 0 Å². The molecule has 4 N–H and O–H groups in total. The summed E-state index contributed by atoms with van der Waals surface area (Å²) in [5.74, 6) is 0. The van der Waals surface area contributed by atoms with Crippen LogP contribution in [0.5, 0.6) is 0 Å². The summed E-state index contributed by atoms with van der Waals surface area (Å²) in [4.78, 5) is 0. The second-order valence-electron chi connectivity index (χ2n) is 3.03. The van der Waals surface area contributed by atoms with Crippen LogP contribution in [-0.4, -0.2) is 61.1 Å². The van der Waals surface area contributed by atoms with E-state index in [1.54, 1.807) is 0 Å². The van der Waals surface area contributed by atoms with Crippen LogP contribution in [0.2, 0.25) is 0 Å². The molecule has 0 fully saturated rings. The van der Waals surface area contributed by atoms with E-state index in [4.69, 9.17) is 20.4 Å². The second-order valence-corrected chi connectivity index (χ2v) is 5.30. The second kappa shape index (κ2) is 12.0. The molecule has 0 heterocycles. The van der Waals surface area contributed by atoms with Crippen LogP contribution in [-0.2, 0) is 22.5 Å². The monoisotopic (exact) mass is 308 g/mol. The number of hydrogen-bond donors (Lipinski definition) is 4. The van der Waals surface area contributed by atoms with Crippen molar-refractivity contribution in [1.82, 2.24) is 0 Å². The third kappa shape index (κ3) is 8.93. The van der Waals surface area contributed by atoms with E-state index in [-0.39, 0.29) is 0 Å². The lowest BCUT2D eigenvalue weighted by Gasteiger charge is -2.23. The molecule has 108 valence electrons. The Kier molecular flexibility index (Phi) is 13.5. The van der Waals surface area contributed by atoms with Gasteiger partial charge in [0.1, 0.15) is 0 Å². The Bertz CT molecular complexity index is 212. The fraction of sp³-hybridized carbons (Fsp3) is 1.00. The summed E-state index contributed by atoms with van der Waals surface area (Å²) in [6.07, 6.45) is 0. The Balaban J connectivity index is 0. The quantitative estimate of drug-likeness (QED) is 0.438. The molecule has 2 atom stereocenters. The summed E-state index contributed by atoms with van der Waals surface area (Å²) in [6.45, 7) is -1.62. The molecule has 18 heavy (non-hydrogen) atoms. The Hall–Kier alpha value is -0.0800. The molecule has 11 heteroatoms. The summed E-state index contributed by atoms with van der Waals surface area (Å²) in [5, 5.41) is 34.0. The lowest BCUT2D eigenvalue weighted by atomic mass is 9.93. The Morgan fingerprint density at radius 2 is 1.11 bits per heavy atom. The van der Waals surface area contributed by atoms with E-state index < -0.39 is 48.4 Å². The van der Waals surface area contributed by atoms with Gasteiger partial charge in [-0.05, 0) is 0 Å². The zero-order valence-electron chi connectivity index (χ0n) is 10.1. The number of rotatable bonds is 8. The fourth-order valence-corrected chi connectivity index (χ4v) is 1.39. The molecule has 0 radical (unpaired) electrons. The molecular weight excluding hydrogens is 290 g/mol. The van der Waals surface area contributed by atoms with Crippen molar-refractivity contribution in [1.29, 1.82) is 0 Å². The Morgan fingerprint density at radius 1 is 0.833 bits per heavy atom. The van der Waals surface area contributed by atoms with Gasteiger partial charge in [0.2, 0.25) is 0 Å². The first-order chi connectivity index (χ1) is 8.44. The van der Waals surface area contributed by atoms with E-state index in [9.17, 15) is 9.13 Å². The summed E-state index contributed by atoms with van der Waals surface area (Å²) in [5.41, 5.74) is -1.11. The molecule has 0 spiro atoms. The highest BCUT2D eigenvalue weighted by molar-refractivity contribution is 7.47. The Morgan fingerprint density at radius 3 is 1.22 bits per heavy atom. The molecule has 0 aromatic rings. The van der Waals surface area contributed by atoms with E-state index in [0.717, 1.165) is 0 Å². The summed E-state index contributed by atoms with van der Waals surface area (Å²) in [6, 6.07) is 0. The van der Waals surface area contributed by atoms with Crippen molar-refractivity contribution in [2.45, 2.75) is 0 Å². The van der Waals surface area contributed by atoms with Gasteiger partial charge in [0.05, 0.1) is 46.1 Å². The largest absolute Gasteiger partial charge is 0.747 e. The highest BCUT2D eigenvalue weighted by Crippen LogP contribution is 2.37. The summed E-state index contributed by atoms with van der Waals surface area (Å²) >= 11 is 0. The molecule has 0 aliphatic rings. The number of aliphatic hydroxyl groups is 4. The maximum absolute atomic E-state index is 10.2. The van der Waals surface area contributed by atoms with Crippen LogP contribution < -0.4 is 0 Å². The third-order valence-corrected chi connectivity index (χ3v) is 3.44. The first-order valence-electron chi connectivity index (χ1n) is 4.59. The molecule has 0 aliphatic heterocycles. The molecular formula is C7H18O9P2+2. The van der Waals surface area contributed by atoms with Gasteiger partial charge in [-0.25, -0.2) is 0 Å². The van der Waals surface area contributed by atoms with E-state index in [0.29, 0.717) is 0 Å². The van der Waals surface area contributed by atoms with Crippen molar-refractivity contribution in [3.05, 3.63) is 0 Å². The average Bonchev–Trinajstić information content (AvgIpc) is 2.42. The van der Waals surface area contributed by atoms with Gasteiger partial charge in [-0.15, -0.1) is 9.05 Å². The van der Waals surface area contributed by atoms with E-state index in [1.165, 1.54) is 14.2 Å². The SMILES string of the molecule is CO[P+](=O)O[P+](=O)OC.OCC(CO)(CO)CO. The highest BCUT2D eigenvalue weighted by atomic mass is 31.2. The number of aliphatic hydroxyl groups excluding tert-OH is 4. The first-order valence-corrected chi connectivity index (χ1v) is 6.78. The van der Waals surface area contributed by atoms with Crippen LogP contribution >= 0.6 is 16.5 Å². The lowest BCUT2D eigenvalue weighted by Crippen LogP contribution is -2.37. The zero-order valence-corrected chi connectivity index (χ0v) is 11.8. The van der Waals surface area contributed by atoms with Gasteiger partial charge in [0.25, 0.3) is 0 Å². The summed E-state index contributed by atoms with van der Waals surface area (Å²) in [7, 11) is -2.21. The molecule has 9 nitrogen and oxygen atoms in total. The molecule has 0 aromatic heterocycles.